The molecule has 1 aromatic carbocycles. The maximum atomic E-state index is 12.7. The van der Waals surface area contributed by atoms with Gasteiger partial charge in [-0.1, -0.05) is 23.2 Å². The smallest absolute Gasteiger partial charge is 0.297 e. The average Bonchev–Trinajstić information content (AvgIpc) is 2.56. The summed E-state index contributed by atoms with van der Waals surface area (Å²) in [7, 11) is 0. The molecule has 0 saturated carbocycles. The first-order valence-corrected chi connectivity index (χ1v) is 7.06. The fraction of sp³-hybridized carbons (Fsp3) is 0.273. The lowest BCUT2D eigenvalue weighted by Gasteiger charge is -2.24. The second-order valence-corrected chi connectivity index (χ2v) is 6.07. The Morgan fingerprint density at radius 2 is 1.75 bits per heavy atom. The highest BCUT2D eigenvalue weighted by molar-refractivity contribution is 14.1. The van der Waals surface area contributed by atoms with Crippen LogP contribution in [0.25, 0.3) is 0 Å². The first-order valence-electron chi connectivity index (χ1n) is 5.22. The number of hydrogen-bond donors (Lipinski definition) is 1. The maximum Gasteiger partial charge on any atom is 0.416 e. The molecule has 9 heteroatoms. The van der Waals surface area contributed by atoms with E-state index in [0.29, 0.717) is 9.28 Å². The number of benzene rings is 1. The number of halogens is 6. The van der Waals surface area contributed by atoms with Crippen LogP contribution in [0.1, 0.15) is 18.1 Å². The molecule has 2 N–H and O–H groups in total. The molecule has 0 aliphatic carbocycles. The van der Waals surface area contributed by atoms with Crippen molar-refractivity contribution in [2.24, 2.45) is 16.0 Å². The Morgan fingerprint density at radius 3 is 2.10 bits per heavy atom. The van der Waals surface area contributed by atoms with Crippen LogP contribution < -0.4 is 5.73 Å². The summed E-state index contributed by atoms with van der Waals surface area (Å²) in [6.07, 6.45) is -4.54. The van der Waals surface area contributed by atoms with Crippen LogP contribution in [0.2, 0.25) is 10.0 Å². The zero-order valence-electron chi connectivity index (χ0n) is 9.89. The van der Waals surface area contributed by atoms with Gasteiger partial charge in [-0.15, -0.1) is 0 Å². The Kier molecular flexibility index (Phi) is 4.09. The molecule has 0 aromatic heterocycles. The second kappa shape index (κ2) is 5.11. The van der Waals surface area contributed by atoms with Crippen molar-refractivity contribution in [3.63, 3.8) is 0 Å². The van der Waals surface area contributed by atoms with Gasteiger partial charge in [0.1, 0.15) is 0 Å². The molecule has 0 amide bonds. The van der Waals surface area contributed by atoms with E-state index in [9.17, 15) is 13.2 Å². The Morgan fingerprint density at radius 1 is 1.25 bits per heavy atom. The van der Waals surface area contributed by atoms with E-state index in [-0.39, 0.29) is 15.6 Å². The van der Waals surface area contributed by atoms with Crippen molar-refractivity contribution in [2.75, 3.05) is 0 Å². The van der Waals surface area contributed by atoms with Crippen LogP contribution in [-0.2, 0) is 11.8 Å². The van der Waals surface area contributed by atoms with E-state index in [1.54, 1.807) is 6.92 Å². The molecule has 0 radical (unpaired) electrons. The number of azo groups is 1. The molecular formula is C11H7Cl2F3IN3. The minimum absolute atomic E-state index is 0.110. The molecule has 0 fully saturated rings. The monoisotopic (exact) mass is 435 g/mol. The van der Waals surface area contributed by atoms with Crippen LogP contribution in [0.3, 0.4) is 0 Å². The Hall–Kier alpha value is -0.380. The molecule has 1 atom stereocenters. The molecule has 20 heavy (non-hydrogen) atoms. The third-order valence-electron chi connectivity index (χ3n) is 2.76. The zero-order valence-corrected chi connectivity index (χ0v) is 13.6. The Bertz CT molecular complexity index is 619. The third kappa shape index (κ3) is 2.56. The predicted molar refractivity (Wildman–Crippen MR) is 78.9 cm³/mol. The van der Waals surface area contributed by atoms with Crippen molar-refractivity contribution in [3.05, 3.63) is 42.6 Å². The molecule has 1 aliphatic rings. The molecule has 1 aliphatic heterocycles. The summed E-state index contributed by atoms with van der Waals surface area (Å²) in [6.45, 7) is 1.69. The number of nitrogens with zero attached hydrogens (tertiary/aromatic N) is 2. The number of nitrogens with two attached hydrogens (primary N) is 1. The van der Waals surface area contributed by atoms with Gasteiger partial charge in [0.2, 0.25) is 0 Å². The quantitative estimate of drug-likeness (QED) is 0.601. The summed E-state index contributed by atoms with van der Waals surface area (Å²) in [6, 6.07) is 1.56. The van der Waals surface area contributed by atoms with Crippen LogP contribution in [0, 0.1) is 0 Å². The van der Waals surface area contributed by atoms with Crippen LogP contribution >= 0.6 is 45.8 Å². The predicted octanol–water partition coefficient (Wildman–Crippen LogP) is 5.26. The van der Waals surface area contributed by atoms with Crippen LogP contribution in [0.4, 0.5) is 13.2 Å². The molecule has 3 nitrogen and oxygen atoms in total. The summed E-state index contributed by atoms with van der Waals surface area (Å²) in [4.78, 5) is 0. The Balaban J connectivity index is 2.64. The lowest BCUT2D eigenvalue weighted by molar-refractivity contribution is -0.137. The highest BCUT2D eigenvalue weighted by atomic mass is 127. The van der Waals surface area contributed by atoms with Gasteiger partial charge in [-0.25, -0.2) is 0 Å². The van der Waals surface area contributed by atoms with Crippen molar-refractivity contribution in [3.8, 4) is 0 Å². The van der Waals surface area contributed by atoms with Gasteiger partial charge in [0.25, 0.3) is 0 Å². The number of hydrogen-bond acceptors (Lipinski definition) is 3. The van der Waals surface area contributed by atoms with Crippen LogP contribution in [-0.4, -0.2) is 0 Å². The van der Waals surface area contributed by atoms with Gasteiger partial charge in [0, 0.05) is 5.56 Å². The number of rotatable bonds is 1. The first kappa shape index (κ1) is 16.0. The Labute approximate surface area is 136 Å². The van der Waals surface area contributed by atoms with E-state index in [2.05, 4.69) is 10.2 Å². The summed E-state index contributed by atoms with van der Waals surface area (Å²) in [5.41, 5.74) is 4.40. The van der Waals surface area contributed by atoms with E-state index < -0.39 is 17.4 Å². The summed E-state index contributed by atoms with van der Waals surface area (Å²) in [5.74, 6) is 0. The minimum Gasteiger partial charge on any atom is -0.297 e. The van der Waals surface area contributed by atoms with Gasteiger partial charge < -0.3 is 0 Å². The van der Waals surface area contributed by atoms with Gasteiger partial charge in [-0.3, -0.25) is 5.73 Å². The molecular weight excluding hydrogens is 429 g/mol. The van der Waals surface area contributed by atoms with Crippen molar-refractivity contribution in [1.29, 1.82) is 0 Å². The zero-order chi connectivity index (χ0) is 15.3. The standard InChI is InChI=1S/C11H7Cl2F3IN3/c1-4-9(17)10(18,20-19-4)8-6(12)2-5(3-7(8)13)11(14,15)16/h2-3H,18H2,1H3. The van der Waals surface area contributed by atoms with Gasteiger partial charge in [-0.2, -0.15) is 23.4 Å². The highest BCUT2D eigenvalue weighted by Crippen LogP contribution is 2.47. The van der Waals surface area contributed by atoms with Crippen LogP contribution in [0.5, 0.6) is 0 Å². The van der Waals surface area contributed by atoms with E-state index in [1.807, 2.05) is 22.6 Å². The van der Waals surface area contributed by atoms with E-state index in [0.717, 1.165) is 12.1 Å². The van der Waals surface area contributed by atoms with Gasteiger partial charge in [0.05, 0.1) is 24.9 Å². The topological polar surface area (TPSA) is 50.7 Å². The SMILES string of the molecule is CC1=C(I)C(N)(c2c(Cl)cc(C(F)(F)F)cc2Cl)N=N1. The van der Waals surface area contributed by atoms with Crippen molar-refractivity contribution in [2.45, 2.75) is 18.8 Å². The minimum atomic E-state index is -4.54. The summed E-state index contributed by atoms with van der Waals surface area (Å²) in [5, 5.41) is 7.32. The summed E-state index contributed by atoms with van der Waals surface area (Å²) < 4.78 is 38.6. The first-order chi connectivity index (χ1) is 9.07. The lowest BCUT2D eigenvalue weighted by Crippen LogP contribution is -2.34. The lowest BCUT2D eigenvalue weighted by atomic mass is 9.98. The van der Waals surface area contributed by atoms with E-state index in [1.165, 1.54) is 0 Å². The molecule has 0 bridgehead atoms. The molecule has 0 spiro atoms. The second-order valence-electron chi connectivity index (χ2n) is 4.18. The largest absolute Gasteiger partial charge is 0.416 e. The van der Waals surface area contributed by atoms with Gasteiger partial charge >= 0.3 is 6.18 Å². The number of alkyl halides is 3. The van der Waals surface area contributed by atoms with Gasteiger partial charge in [-0.05, 0) is 41.6 Å². The molecule has 108 valence electrons. The van der Waals surface area contributed by atoms with Crippen molar-refractivity contribution < 1.29 is 13.2 Å². The van der Waals surface area contributed by atoms with E-state index in [4.69, 9.17) is 28.9 Å². The third-order valence-corrected chi connectivity index (χ3v) is 4.96. The van der Waals surface area contributed by atoms with Crippen molar-refractivity contribution >= 4 is 45.8 Å². The fourth-order valence-corrected chi connectivity index (χ4v) is 3.04. The highest BCUT2D eigenvalue weighted by Gasteiger charge is 2.41. The van der Waals surface area contributed by atoms with E-state index >= 15 is 0 Å². The van der Waals surface area contributed by atoms with Crippen LogP contribution in [0.15, 0.2) is 31.6 Å². The maximum absolute atomic E-state index is 12.7. The van der Waals surface area contributed by atoms with Gasteiger partial charge in [0.15, 0.2) is 5.66 Å². The fourth-order valence-electron chi connectivity index (χ4n) is 1.78. The molecule has 0 saturated heterocycles. The average molecular weight is 436 g/mol. The summed E-state index contributed by atoms with van der Waals surface area (Å²) >= 11 is 13.8. The molecule has 1 aromatic rings. The molecule has 1 unspecified atom stereocenters. The molecule has 2 rings (SSSR count). The molecule has 1 heterocycles. The normalized spacial score (nSPS) is 22.8. The van der Waals surface area contributed by atoms with Crippen molar-refractivity contribution in [1.82, 2.24) is 0 Å². The number of allylic oxidation sites excluding steroid dienone is 1.